The highest BCUT2D eigenvalue weighted by molar-refractivity contribution is 6.31. The minimum Gasteiger partial charge on any atom is -0.493 e. The monoisotopic (exact) mass is 349 g/mol. The molecule has 6 nitrogen and oxygen atoms in total. The number of rotatable bonds is 3. The van der Waals surface area contributed by atoms with E-state index in [1.165, 1.54) is 10.8 Å². The van der Waals surface area contributed by atoms with Crippen molar-refractivity contribution in [2.75, 3.05) is 5.32 Å². The summed E-state index contributed by atoms with van der Waals surface area (Å²) in [6.07, 6.45) is 1.26. The van der Waals surface area contributed by atoms with Gasteiger partial charge in [-0.25, -0.2) is 15.0 Å². The highest BCUT2D eigenvalue weighted by atomic mass is 35.5. The molecule has 23 heavy (non-hydrogen) atoms. The van der Waals surface area contributed by atoms with Crippen molar-refractivity contribution in [3.8, 4) is 11.6 Å². The van der Waals surface area contributed by atoms with Gasteiger partial charge >= 0.3 is 0 Å². The molecular weight excluding hydrogens is 337 g/mol. The Kier molecular flexibility index (Phi) is 4.11. The normalized spacial score (nSPS) is 10.8. The fourth-order valence-corrected chi connectivity index (χ4v) is 2.63. The largest absolute Gasteiger partial charge is 0.493 e. The van der Waals surface area contributed by atoms with Crippen molar-refractivity contribution < 1.29 is 5.11 Å². The Bertz CT molecular complexity index is 839. The molecule has 0 fully saturated rings. The second kappa shape index (κ2) is 6.06. The van der Waals surface area contributed by atoms with Gasteiger partial charge in [0, 0.05) is 16.4 Å². The van der Waals surface area contributed by atoms with Crippen LogP contribution in [0.25, 0.3) is 5.69 Å². The smallest absolute Gasteiger partial charge is 0.227 e. The second-order valence-electron chi connectivity index (χ2n) is 4.98. The Hall–Kier alpha value is -2.31. The number of aryl methyl sites for hydroxylation is 2. The number of aromatic hydroxyl groups is 1. The molecule has 0 bridgehead atoms. The number of hydrogen-bond acceptors (Lipinski definition) is 5. The number of nitrogens with zero attached hydrogens (tertiary/aromatic N) is 4. The van der Waals surface area contributed by atoms with Crippen molar-refractivity contribution in [1.29, 1.82) is 0 Å². The molecule has 118 valence electrons. The highest BCUT2D eigenvalue weighted by Crippen LogP contribution is 2.32. The molecule has 0 unspecified atom stereocenters. The molecule has 0 aliphatic heterocycles. The number of imidazole rings is 1. The standard InChI is InChI=1S/C15H13Cl2N5O/c1-8-5-9(2)20-15(19-8)21-11-4-3-10(16)6-12(11)22-13(23)7-18-14(22)17/h3-7,23H,1-2H3,(H,19,20,21). The molecule has 0 spiro atoms. The maximum Gasteiger partial charge on any atom is 0.227 e. The van der Waals surface area contributed by atoms with Crippen LogP contribution < -0.4 is 5.32 Å². The molecule has 0 saturated heterocycles. The summed E-state index contributed by atoms with van der Waals surface area (Å²) in [6.45, 7) is 3.78. The SMILES string of the molecule is Cc1cc(C)nc(Nc2ccc(Cl)cc2-n2c(O)cnc2Cl)n1. The summed E-state index contributed by atoms with van der Waals surface area (Å²) in [7, 11) is 0. The van der Waals surface area contributed by atoms with E-state index in [1.807, 2.05) is 19.9 Å². The second-order valence-corrected chi connectivity index (χ2v) is 5.76. The topological polar surface area (TPSA) is 75.9 Å². The molecule has 2 N–H and O–H groups in total. The number of benzene rings is 1. The van der Waals surface area contributed by atoms with Crippen LogP contribution >= 0.6 is 23.2 Å². The van der Waals surface area contributed by atoms with E-state index < -0.39 is 0 Å². The predicted molar refractivity (Wildman–Crippen MR) is 90.0 cm³/mol. The Morgan fingerprint density at radius 2 is 1.78 bits per heavy atom. The first-order valence-electron chi connectivity index (χ1n) is 6.75. The summed E-state index contributed by atoms with van der Waals surface area (Å²) in [5, 5.41) is 13.7. The quantitative estimate of drug-likeness (QED) is 0.746. The molecule has 3 aromatic rings. The van der Waals surface area contributed by atoms with Crippen LogP contribution in [-0.2, 0) is 0 Å². The zero-order valence-electron chi connectivity index (χ0n) is 12.4. The number of aromatic nitrogens is 4. The van der Waals surface area contributed by atoms with Gasteiger partial charge in [-0.15, -0.1) is 0 Å². The van der Waals surface area contributed by atoms with Gasteiger partial charge in [-0.3, -0.25) is 4.57 Å². The van der Waals surface area contributed by atoms with Gasteiger partial charge in [-0.1, -0.05) is 11.6 Å². The van der Waals surface area contributed by atoms with Crippen molar-refractivity contribution >= 4 is 34.8 Å². The minimum atomic E-state index is -0.0957. The Balaban J connectivity index is 2.10. The summed E-state index contributed by atoms with van der Waals surface area (Å²) in [4.78, 5) is 12.6. The fraction of sp³-hybridized carbons (Fsp3) is 0.133. The van der Waals surface area contributed by atoms with Crippen LogP contribution in [0.15, 0.2) is 30.5 Å². The lowest BCUT2D eigenvalue weighted by molar-refractivity contribution is 0.443. The third kappa shape index (κ3) is 3.23. The lowest BCUT2D eigenvalue weighted by atomic mass is 10.2. The summed E-state index contributed by atoms with van der Waals surface area (Å²) < 4.78 is 1.37. The summed E-state index contributed by atoms with van der Waals surface area (Å²) >= 11 is 12.1. The van der Waals surface area contributed by atoms with Crippen molar-refractivity contribution in [3.05, 3.63) is 52.2 Å². The number of anilines is 2. The van der Waals surface area contributed by atoms with E-state index in [2.05, 4.69) is 20.3 Å². The summed E-state index contributed by atoms with van der Waals surface area (Å²) in [5.41, 5.74) is 2.87. The van der Waals surface area contributed by atoms with Gasteiger partial charge in [-0.2, -0.15) is 0 Å². The number of nitrogens with one attached hydrogen (secondary N) is 1. The molecule has 1 aromatic carbocycles. The van der Waals surface area contributed by atoms with Gasteiger partial charge in [0.25, 0.3) is 0 Å². The Labute approximate surface area is 142 Å². The van der Waals surface area contributed by atoms with E-state index in [4.69, 9.17) is 23.2 Å². The fourth-order valence-electron chi connectivity index (χ4n) is 2.24. The molecule has 2 aromatic heterocycles. The Morgan fingerprint density at radius 1 is 1.09 bits per heavy atom. The molecule has 0 atom stereocenters. The lowest BCUT2D eigenvalue weighted by Gasteiger charge is -2.14. The van der Waals surface area contributed by atoms with Gasteiger partial charge in [-0.05, 0) is 49.7 Å². The zero-order valence-corrected chi connectivity index (χ0v) is 13.9. The average Bonchev–Trinajstić information content (AvgIpc) is 2.79. The maximum absolute atomic E-state index is 9.97. The summed E-state index contributed by atoms with van der Waals surface area (Å²) in [5.74, 6) is 0.350. The van der Waals surface area contributed by atoms with Crippen molar-refractivity contribution in [2.24, 2.45) is 0 Å². The molecule has 0 amide bonds. The van der Waals surface area contributed by atoms with E-state index >= 15 is 0 Å². The number of hydrogen-bond donors (Lipinski definition) is 2. The van der Waals surface area contributed by atoms with Crippen molar-refractivity contribution in [3.63, 3.8) is 0 Å². The molecule has 0 aliphatic carbocycles. The van der Waals surface area contributed by atoms with E-state index in [0.717, 1.165) is 11.4 Å². The van der Waals surface area contributed by atoms with Gasteiger partial charge in [0.2, 0.25) is 17.1 Å². The first-order chi connectivity index (χ1) is 10.9. The number of halogens is 2. The average molecular weight is 350 g/mol. The third-order valence-electron chi connectivity index (χ3n) is 3.13. The van der Waals surface area contributed by atoms with Gasteiger partial charge < -0.3 is 10.4 Å². The summed E-state index contributed by atoms with van der Waals surface area (Å²) in [6, 6.07) is 7.03. The maximum atomic E-state index is 9.97. The van der Waals surface area contributed by atoms with Crippen LogP contribution in [-0.4, -0.2) is 24.6 Å². The molecule has 8 heteroatoms. The van der Waals surface area contributed by atoms with E-state index in [9.17, 15) is 5.11 Å². The molecule has 0 radical (unpaired) electrons. The first kappa shape index (κ1) is 15.6. The van der Waals surface area contributed by atoms with Crippen LogP contribution in [0.4, 0.5) is 11.6 Å². The van der Waals surface area contributed by atoms with E-state index in [-0.39, 0.29) is 11.2 Å². The molecule has 2 heterocycles. The van der Waals surface area contributed by atoms with Crippen molar-refractivity contribution in [1.82, 2.24) is 19.5 Å². The van der Waals surface area contributed by atoms with E-state index in [0.29, 0.717) is 22.3 Å². The Morgan fingerprint density at radius 3 is 2.39 bits per heavy atom. The highest BCUT2D eigenvalue weighted by Gasteiger charge is 2.14. The first-order valence-corrected chi connectivity index (χ1v) is 7.51. The van der Waals surface area contributed by atoms with E-state index in [1.54, 1.807) is 18.2 Å². The predicted octanol–water partition coefficient (Wildman–Crippen LogP) is 4.04. The van der Waals surface area contributed by atoms with Crippen LogP contribution in [0.2, 0.25) is 10.3 Å². The van der Waals surface area contributed by atoms with Gasteiger partial charge in [0.15, 0.2) is 0 Å². The molecular formula is C15H13Cl2N5O. The van der Waals surface area contributed by atoms with Gasteiger partial charge in [0.05, 0.1) is 17.6 Å². The van der Waals surface area contributed by atoms with Gasteiger partial charge in [0.1, 0.15) is 0 Å². The van der Waals surface area contributed by atoms with Crippen LogP contribution in [0.1, 0.15) is 11.4 Å². The zero-order chi connectivity index (χ0) is 16.6. The molecule has 3 rings (SSSR count). The third-order valence-corrected chi connectivity index (χ3v) is 3.63. The van der Waals surface area contributed by atoms with Crippen molar-refractivity contribution in [2.45, 2.75) is 13.8 Å². The minimum absolute atomic E-state index is 0.0957. The van der Waals surface area contributed by atoms with Crippen LogP contribution in [0.5, 0.6) is 5.88 Å². The molecule has 0 saturated carbocycles. The molecule has 0 aliphatic rings. The van der Waals surface area contributed by atoms with Crippen LogP contribution in [0, 0.1) is 13.8 Å². The van der Waals surface area contributed by atoms with Crippen LogP contribution in [0.3, 0.4) is 0 Å². The lowest BCUT2D eigenvalue weighted by Crippen LogP contribution is -2.04.